The van der Waals surface area contributed by atoms with Crippen LogP contribution in [0, 0.1) is 0 Å². The third-order valence-electron chi connectivity index (χ3n) is 5.22. The second kappa shape index (κ2) is 7.46. The Balaban J connectivity index is 1.61. The molecule has 0 aliphatic carbocycles. The molecule has 1 aliphatic rings. The molecule has 1 aromatic carbocycles. The maximum absolute atomic E-state index is 12.7. The average molecular weight is 376 g/mol. The van der Waals surface area contributed by atoms with Crippen LogP contribution in [0.3, 0.4) is 0 Å². The van der Waals surface area contributed by atoms with Gasteiger partial charge in [-0.2, -0.15) is 0 Å². The Morgan fingerprint density at radius 2 is 1.68 bits per heavy atom. The molecule has 2 aromatic heterocycles. The van der Waals surface area contributed by atoms with E-state index in [4.69, 9.17) is 0 Å². The molecule has 28 heavy (non-hydrogen) atoms. The highest BCUT2D eigenvalue weighted by atomic mass is 16.2. The number of rotatable bonds is 3. The zero-order valence-electron chi connectivity index (χ0n) is 16.3. The summed E-state index contributed by atoms with van der Waals surface area (Å²) in [5, 5.41) is 0.927. The van der Waals surface area contributed by atoms with Crippen LogP contribution in [0.1, 0.15) is 40.0 Å². The topological polar surface area (TPSA) is 58.4 Å². The molecule has 1 aliphatic heterocycles. The van der Waals surface area contributed by atoms with E-state index in [2.05, 4.69) is 4.98 Å². The summed E-state index contributed by atoms with van der Waals surface area (Å²) in [6, 6.07) is 11.3. The van der Waals surface area contributed by atoms with Crippen LogP contribution in [0.15, 0.2) is 48.8 Å². The zero-order valence-corrected chi connectivity index (χ0v) is 16.3. The van der Waals surface area contributed by atoms with Gasteiger partial charge in [0.05, 0.1) is 5.56 Å². The molecule has 6 nitrogen and oxygen atoms in total. The maximum Gasteiger partial charge on any atom is 0.255 e. The quantitative estimate of drug-likeness (QED) is 0.704. The van der Waals surface area contributed by atoms with Crippen LogP contribution in [0.4, 0.5) is 0 Å². The highest BCUT2D eigenvalue weighted by Gasteiger charge is 2.19. The summed E-state index contributed by atoms with van der Waals surface area (Å²) in [5.74, 6) is 0.0382. The number of amides is 2. The first kappa shape index (κ1) is 18.2. The lowest BCUT2D eigenvalue weighted by molar-refractivity contribution is 0.0723. The number of benzene rings is 1. The van der Waals surface area contributed by atoms with Gasteiger partial charge in [-0.1, -0.05) is 0 Å². The second-order valence-electron chi connectivity index (χ2n) is 7.42. The summed E-state index contributed by atoms with van der Waals surface area (Å²) >= 11 is 0. The molecule has 3 aromatic rings. The molecule has 0 N–H and O–H groups in total. The van der Waals surface area contributed by atoms with E-state index < -0.39 is 0 Å². The number of carbonyl (C=O) groups is 2. The van der Waals surface area contributed by atoms with Crippen molar-refractivity contribution in [2.24, 2.45) is 0 Å². The van der Waals surface area contributed by atoms with Crippen LogP contribution in [0.2, 0.25) is 0 Å². The van der Waals surface area contributed by atoms with Crippen LogP contribution >= 0.6 is 0 Å². The molecule has 3 heterocycles. The molecule has 2 amide bonds. The fourth-order valence-electron chi connectivity index (χ4n) is 3.65. The largest absolute Gasteiger partial charge is 0.345 e. The van der Waals surface area contributed by atoms with Gasteiger partial charge in [0, 0.05) is 56.2 Å². The van der Waals surface area contributed by atoms with E-state index >= 15 is 0 Å². The summed E-state index contributed by atoms with van der Waals surface area (Å²) < 4.78 is 1.97. The third-order valence-corrected chi connectivity index (χ3v) is 5.22. The molecule has 6 heteroatoms. The van der Waals surface area contributed by atoms with Crippen LogP contribution in [0.25, 0.3) is 16.7 Å². The number of carbonyl (C=O) groups excluding carboxylic acids is 2. The number of aromatic nitrogens is 2. The number of hydrogen-bond donors (Lipinski definition) is 0. The fourth-order valence-corrected chi connectivity index (χ4v) is 3.65. The van der Waals surface area contributed by atoms with Crippen molar-refractivity contribution in [2.75, 3.05) is 27.2 Å². The summed E-state index contributed by atoms with van der Waals surface area (Å²) in [4.78, 5) is 32.8. The van der Waals surface area contributed by atoms with Crippen molar-refractivity contribution in [1.29, 1.82) is 0 Å². The summed E-state index contributed by atoms with van der Waals surface area (Å²) in [6.45, 7) is 1.66. The van der Waals surface area contributed by atoms with E-state index in [0.717, 1.165) is 42.7 Å². The lowest BCUT2D eigenvalue weighted by atomic mass is 10.1. The van der Waals surface area contributed by atoms with E-state index in [9.17, 15) is 9.59 Å². The first-order valence-corrected chi connectivity index (χ1v) is 9.63. The predicted molar refractivity (Wildman–Crippen MR) is 109 cm³/mol. The van der Waals surface area contributed by atoms with Gasteiger partial charge < -0.3 is 14.4 Å². The molecule has 1 saturated heterocycles. The normalized spacial score (nSPS) is 14.3. The van der Waals surface area contributed by atoms with Gasteiger partial charge in [0.25, 0.3) is 11.8 Å². The Kier molecular flexibility index (Phi) is 4.86. The maximum atomic E-state index is 12.7. The zero-order chi connectivity index (χ0) is 19.7. The van der Waals surface area contributed by atoms with Crippen molar-refractivity contribution >= 4 is 22.8 Å². The smallest absolute Gasteiger partial charge is 0.255 e. The van der Waals surface area contributed by atoms with Crippen molar-refractivity contribution in [3.63, 3.8) is 0 Å². The fraction of sp³-hybridized carbons (Fsp3) is 0.318. The summed E-state index contributed by atoms with van der Waals surface area (Å²) in [5.41, 5.74) is 3.00. The van der Waals surface area contributed by atoms with Crippen molar-refractivity contribution in [3.05, 3.63) is 59.9 Å². The van der Waals surface area contributed by atoms with Gasteiger partial charge in [-0.25, -0.2) is 4.98 Å². The monoisotopic (exact) mass is 376 g/mol. The minimum Gasteiger partial charge on any atom is -0.345 e. The van der Waals surface area contributed by atoms with Crippen LogP contribution < -0.4 is 0 Å². The van der Waals surface area contributed by atoms with Gasteiger partial charge >= 0.3 is 0 Å². The Bertz CT molecular complexity index is 1010. The Hall–Kier alpha value is -3.15. The molecule has 144 valence electrons. The first-order chi connectivity index (χ1) is 13.5. The summed E-state index contributed by atoms with van der Waals surface area (Å²) in [6.07, 6.45) is 6.95. The molecular formula is C22H24N4O2. The molecule has 0 saturated carbocycles. The Morgan fingerprint density at radius 3 is 2.36 bits per heavy atom. The minimum absolute atomic E-state index is 0.0251. The van der Waals surface area contributed by atoms with E-state index in [-0.39, 0.29) is 11.8 Å². The minimum atomic E-state index is -0.0251. The molecule has 0 spiro atoms. The molecule has 0 unspecified atom stereocenters. The molecule has 0 radical (unpaired) electrons. The van der Waals surface area contributed by atoms with Crippen molar-refractivity contribution in [1.82, 2.24) is 19.4 Å². The van der Waals surface area contributed by atoms with Crippen LogP contribution in [-0.4, -0.2) is 58.4 Å². The van der Waals surface area contributed by atoms with Crippen LogP contribution in [-0.2, 0) is 0 Å². The van der Waals surface area contributed by atoms with E-state index in [0.29, 0.717) is 11.1 Å². The van der Waals surface area contributed by atoms with Gasteiger partial charge in [-0.15, -0.1) is 0 Å². The standard InChI is InChI=1S/C22H24N4O2/c1-24(2)21(27)16-6-8-19(9-7-16)26-13-10-17-14-18(15-23-20(17)26)22(28)25-11-4-3-5-12-25/h6-10,13-15H,3-5,11-12H2,1-2H3. The third kappa shape index (κ3) is 3.38. The van der Waals surface area contributed by atoms with E-state index in [1.54, 1.807) is 25.2 Å². The Morgan fingerprint density at radius 1 is 0.964 bits per heavy atom. The van der Waals surface area contributed by atoms with E-state index in [1.165, 1.54) is 6.42 Å². The molecule has 0 bridgehead atoms. The number of likely N-dealkylation sites (tertiary alicyclic amines) is 1. The predicted octanol–water partition coefficient (Wildman–Crippen LogP) is 3.35. The first-order valence-electron chi connectivity index (χ1n) is 9.63. The van der Waals surface area contributed by atoms with Gasteiger partial charge in [0.15, 0.2) is 0 Å². The lowest BCUT2D eigenvalue weighted by Crippen LogP contribution is -2.35. The highest BCUT2D eigenvalue weighted by Crippen LogP contribution is 2.22. The van der Waals surface area contributed by atoms with Crippen molar-refractivity contribution in [3.8, 4) is 5.69 Å². The average Bonchev–Trinajstić information content (AvgIpc) is 3.16. The number of piperidine rings is 1. The number of nitrogens with zero attached hydrogens (tertiary/aromatic N) is 4. The number of fused-ring (bicyclic) bond motifs is 1. The SMILES string of the molecule is CN(C)C(=O)c1ccc(-n2ccc3cc(C(=O)N4CCCCC4)cnc32)cc1. The van der Waals surface area contributed by atoms with Crippen LogP contribution in [0.5, 0.6) is 0 Å². The molecule has 0 atom stereocenters. The Labute approximate surface area is 164 Å². The lowest BCUT2D eigenvalue weighted by Gasteiger charge is -2.26. The molecule has 1 fully saturated rings. The second-order valence-corrected chi connectivity index (χ2v) is 7.42. The van der Waals surface area contributed by atoms with Gasteiger partial charge in [0.2, 0.25) is 0 Å². The molecular weight excluding hydrogens is 352 g/mol. The van der Waals surface area contributed by atoms with Crippen molar-refractivity contribution < 1.29 is 9.59 Å². The van der Waals surface area contributed by atoms with Crippen molar-refractivity contribution in [2.45, 2.75) is 19.3 Å². The molecule has 4 rings (SSSR count). The van der Waals surface area contributed by atoms with Gasteiger partial charge in [-0.05, 0) is 55.7 Å². The number of hydrogen-bond acceptors (Lipinski definition) is 3. The van der Waals surface area contributed by atoms with Gasteiger partial charge in [0.1, 0.15) is 5.65 Å². The number of pyridine rings is 1. The summed E-state index contributed by atoms with van der Waals surface area (Å²) in [7, 11) is 3.48. The van der Waals surface area contributed by atoms with Gasteiger partial charge in [-0.3, -0.25) is 9.59 Å². The highest BCUT2D eigenvalue weighted by molar-refractivity contribution is 5.97. The van der Waals surface area contributed by atoms with E-state index in [1.807, 2.05) is 52.1 Å².